The third kappa shape index (κ3) is 6.70. The smallest absolute Gasteiger partial charge is 0.279 e. The lowest BCUT2D eigenvalue weighted by atomic mass is 10.0. The highest BCUT2D eigenvalue weighted by molar-refractivity contribution is 6.30. The van der Waals surface area contributed by atoms with E-state index in [1.165, 1.54) is 11.1 Å². The van der Waals surface area contributed by atoms with Gasteiger partial charge in [-0.15, -0.1) is 0 Å². The van der Waals surface area contributed by atoms with E-state index in [-0.39, 0.29) is 30.9 Å². The zero-order valence-electron chi connectivity index (χ0n) is 16.2. The SMILES string of the molecule is Cc1ccc([C@H](C)NC(=O)C[NH+](C)CC(=O)Nc2ccc(Cl)cc2)cc1C. The van der Waals surface area contributed by atoms with Crippen molar-refractivity contribution in [2.24, 2.45) is 0 Å². The second-order valence-corrected chi connectivity index (χ2v) is 7.44. The summed E-state index contributed by atoms with van der Waals surface area (Å²) < 4.78 is 0. The number of anilines is 1. The molecule has 144 valence electrons. The standard InChI is InChI=1S/C21H26ClN3O2/c1-14-5-6-17(11-15(14)2)16(3)23-20(26)12-25(4)13-21(27)24-19-9-7-18(22)8-10-19/h5-11,16H,12-13H2,1-4H3,(H,23,26)(H,24,27)/p+1/t16-/m0/s1. The second kappa shape index (κ2) is 9.53. The Morgan fingerprint density at radius 3 is 2.26 bits per heavy atom. The van der Waals surface area contributed by atoms with Gasteiger partial charge < -0.3 is 15.5 Å². The van der Waals surface area contributed by atoms with Gasteiger partial charge >= 0.3 is 0 Å². The van der Waals surface area contributed by atoms with Gasteiger partial charge in [-0.1, -0.05) is 29.8 Å². The average molecular weight is 389 g/mol. The van der Waals surface area contributed by atoms with Gasteiger partial charge in [-0.3, -0.25) is 9.59 Å². The van der Waals surface area contributed by atoms with Crippen LogP contribution in [-0.2, 0) is 9.59 Å². The number of hydrogen-bond donors (Lipinski definition) is 3. The average Bonchev–Trinajstić information content (AvgIpc) is 2.58. The minimum Gasteiger partial charge on any atom is -0.345 e. The van der Waals surface area contributed by atoms with Crippen molar-refractivity contribution in [3.63, 3.8) is 0 Å². The fraction of sp³-hybridized carbons (Fsp3) is 0.333. The van der Waals surface area contributed by atoms with Crippen LogP contribution in [0.4, 0.5) is 5.69 Å². The highest BCUT2D eigenvalue weighted by Gasteiger charge is 2.17. The van der Waals surface area contributed by atoms with Crippen LogP contribution < -0.4 is 15.5 Å². The third-order valence-electron chi connectivity index (χ3n) is 4.46. The normalized spacial score (nSPS) is 12.9. The lowest BCUT2D eigenvalue weighted by molar-refractivity contribution is -0.862. The molecule has 5 nitrogen and oxygen atoms in total. The van der Waals surface area contributed by atoms with Crippen molar-refractivity contribution in [3.8, 4) is 0 Å². The van der Waals surface area contributed by atoms with Crippen LogP contribution in [0.15, 0.2) is 42.5 Å². The molecule has 27 heavy (non-hydrogen) atoms. The molecule has 0 spiro atoms. The van der Waals surface area contributed by atoms with Gasteiger partial charge in [0, 0.05) is 10.7 Å². The molecule has 0 aliphatic heterocycles. The van der Waals surface area contributed by atoms with E-state index in [2.05, 4.69) is 36.6 Å². The molecule has 0 radical (unpaired) electrons. The number of quaternary nitrogens is 1. The minimum atomic E-state index is -0.148. The first-order chi connectivity index (χ1) is 12.7. The zero-order valence-corrected chi connectivity index (χ0v) is 17.0. The summed E-state index contributed by atoms with van der Waals surface area (Å²) in [5, 5.41) is 6.41. The van der Waals surface area contributed by atoms with Gasteiger partial charge in [0.25, 0.3) is 11.8 Å². The van der Waals surface area contributed by atoms with Gasteiger partial charge in [0.15, 0.2) is 13.1 Å². The van der Waals surface area contributed by atoms with Crippen LogP contribution in [0.1, 0.15) is 29.7 Å². The van der Waals surface area contributed by atoms with Crippen LogP contribution in [0.2, 0.25) is 5.02 Å². The Bertz CT molecular complexity index is 806. The van der Waals surface area contributed by atoms with Crippen molar-refractivity contribution in [2.45, 2.75) is 26.8 Å². The van der Waals surface area contributed by atoms with Crippen LogP contribution in [0.25, 0.3) is 0 Å². The van der Waals surface area contributed by atoms with Crippen molar-refractivity contribution in [2.75, 3.05) is 25.5 Å². The number of benzene rings is 2. The molecule has 1 unspecified atom stereocenters. The second-order valence-electron chi connectivity index (χ2n) is 7.00. The number of rotatable bonds is 7. The highest BCUT2D eigenvalue weighted by atomic mass is 35.5. The predicted octanol–water partition coefficient (Wildman–Crippen LogP) is 2.29. The number of likely N-dealkylation sites (N-methyl/N-ethyl adjacent to an activating group) is 1. The van der Waals surface area contributed by atoms with Crippen molar-refractivity contribution in [1.29, 1.82) is 0 Å². The largest absolute Gasteiger partial charge is 0.345 e. The Hall–Kier alpha value is -2.37. The first kappa shape index (κ1) is 20.9. The monoisotopic (exact) mass is 388 g/mol. The highest BCUT2D eigenvalue weighted by Crippen LogP contribution is 2.16. The molecule has 2 aromatic carbocycles. The maximum atomic E-state index is 12.3. The van der Waals surface area contributed by atoms with E-state index in [4.69, 9.17) is 11.6 Å². The molecule has 2 rings (SSSR count). The van der Waals surface area contributed by atoms with Crippen molar-refractivity contribution >= 4 is 29.1 Å². The zero-order chi connectivity index (χ0) is 20.0. The molecule has 0 saturated heterocycles. The molecule has 0 heterocycles. The maximum absolute atomic E-state index is 12.3. The first-order valence-electron chi connectivity index (χ1n) is 8.98. The predicted molar refractivity (Wildman–Crippen MR) is 109 cm³/mol. The summed E-state index contributed by atoms with van der Waals surface area (Å²) >= 11 is 5.83. The van der Waals surface area contributed by atoms with Crippen LogP contribution in [0, 0.1) is 13.8 Å². The summed E-state index contributed by atoms with van der Waals surface area (Å²) in [6.07, 6.45) is 0. The van der Waals surface area contributed by atoms with E-state index in [1.54, 1.807) is 24.3 Å². The lowest BCUT2D eigenvalue weighted by Gasteiger charge is -2.18. The number of hydrogen-bond acceptors (Lipinski definition) is 2. The number of nitrogens with one attached hydrogen (secondary N) is 3. The molecule has 2 atom stereocenters. The molecule has 0 bridgehead atoms. The van der Waals surface area contributed by atoms with Crippen molar-refractivity contribution in [1.82, 2.24) is 5.32 Å². The van der Waals surface area contributed by atoms with Crippen LogP contribution in [0.3, 0.4) is 0 Å². The number of amides is 2. The van der Waals surface area contributed by atoms with Gasteiger partial charge in [0.1, 0.15) is 0 Å². The minimum absolute atomic E-state index is 0.0764. The molecule has 0 aliphatic rings. The van der Waals surface area contributed by atoms with E-state index >= 15 is 0 Å². The molecule has 2 amide bonds. The van der Waals surface area contributed by atoms with Gasteiger partial charge in [0.2, 0.25) is 0 Å². The summed E-state index contributed by atoms with van der Waals surface area (Å²) in [6.45, 7) is 6.52. The summed E-state index contributed by atoms with van der Waals surface area (Å²) in [7, 11) is 1.82. The summed E-state index contributed by atoms with van der Waals surface area (Å²) in [5.74, 6) is -0.234. The van der Waals surface area contributed by atoms with Crippen molar-refractivity contribution in [3.05, 3.63) is 64.2 Å². The summed E-state index contributed by atoms with van der Waals surface area (Å²) in [6, 6.07) is 13.0. The number of carbonyl (C=O) groups is 2. The molecular formula is C21H27ClN3O2+. The molecule has 3 N–H and O–H groups in total. The van der Waals surface area contributed by atoms with Crippen LogP contribution >= 0.6 is 11.6 Å². The van der Waals surface area contributed by atoms with Gasteiger partial charge in [-0.25, -0.2) is 0 Å². The third-order valence-corrected chi connectivity index (χ3v) is 4.71. The molecule has 0 saturated carbocycles. The molecule has 2 aromatic rings. The number of halogens is 1. The van der Waals surface area contributed by atoms with E-state index in [1.807, 2.05) is 20.0 Å². The molecular weight excluding hydrogens is 362 g/mol. The number of aryl methyl sites for hydroxylation is 2. The fourth-order valence-electron chi connectivity index (χ4n) is 2.76. The Labute approximate surface area is 165 Å². The summed E-state index contributed by atoms with van der Waals surface area (Å²) in [5.41, 5.74) is 4.19. The molecule has 0 fully saturated rings. The Morgan fingerprint density at radius 2 is 1.63 bits per heavy atom. The molecule has 0 aromatic heterocycles. The van der Waals surface area contributed by atoms with Gasteiger partial charge in [0.05, 0.1) is 13.1 Å². The quantitative estimate of drug-likeness (QED) is 0.681. The summed E-state index contributed by atoms with van der Waals surface area (Å²) in [4.78, 5) is 25.2. The van der Waals surface area contributed by atoms with E-state index in [0.717, 1.165) is 10.5 Å². The van der Waals surface area contributed by atoms with E-state index < -0.39 is 0 Å². The Kier molecular flexibility index (Phi) is 7.39. The van der Waals surface area contributed by atoms with Gasteiger partial charge in [-0.05, 0) is 61.7 Å². The number of carbonyl (C=O) groups excluding carboxylic acids is 2. The van der Waals surface area contributed by atoms with Crippen molar-refractivity contribution < 1.29 is 14.5 Å². The van der Waals surface area contributed by atoms with E-state index in [9.17, 15) is 9.59 Å². The maximum Gasteiger partial charge on any atom is 0.279 e. The topological polar surface area (TPSA) is 62.6 Å². The van der Waals surface area contributed by atoms with Crippen LogP contribution in [-0.4, -0.2) is 32.0 Å². The molecule has 6 heteroatoms. The Balaban J connectivity index is 1.81. The Morgan fingerprint density at radius 1 is 1.00 bits per heavy atom. The van der Waals surface area contributed by atoms with Gasteiger partial charge in [-0.2, -0.15) is 0 Å². The van der Waals surface area contributed by atoms with Crippen LogP contribution in [0.5, 0.6) is 0 Å². The first-order valence-corrected chi connectivity index (χ1v) is 9.35. The molecule has 0 aliphatic carbocycles. The fourth-order valence-corrected chi connectivity index (χ4v) is 2.88. The van der Waals surface area contributed by atoms with E-state index in [0.29, 0.717) is 10.7 Å². The lowest BCUT2D eigenvalue weighted by Crippen LogP contribution is -3.11.